The molecule has 2 N–H and O–H groups in total. The van der Waals surface area contributed by atoms with Crippen LogP contribution < -0.4 is 10.6 Å². The van der Waals surface area contributed by atoms with Gasteiger partial charge in [0.1, 0.15) is 0 Å². The van der Waals surface area contributed by atoms with Crippen molar-refractivity contribution >= 4 is 58.0 Å². The Labute approximate surface area is 150 Å². The molecule has 0 spiro atoms. The van der Waals surface area contributed by atoms with Gasteiger partial charge in [-0.1, -0.05) is 41.4 Å². The van der Waals surface area contributed by atoms with Gasteiger partial charge in [-0.3, -0.25) is 0 Å². The van der Waals surface area contributed by atoms with E-state index in [1.165, 1.54) is 5.56 Å². The van der Waals surface area contributed by atoms with Gasteiger partial charge in [-0.05, 0) is 48.1 Å². The van der Waals surface area contributed by atoms with E-state index in [0.29, 0.717) is 10.1 Å². The monoisotopic (exact) mass is 370 g/mol. The minimum Gasteiger partial charge on any atom is -0.362 e. The van der Waals surface area contributed by atoms with Crippen LogP contribution in [0.25, 0.3) is 0 Å². The Bertz CT molecular complexity index is 635. The maximum Gasteiger partial charge on any atom is 0.170 e. The highest BCUT2D eigenvalue weighted by Gasteiger charge is 1.99. The van der Waals surface area contributed by atoms with Crippen molar-refractivity contribution in [1.82, 2.24) is 5.32 Å². The van der Waals surface area contributed by atoms with E-state index in [-0.39, 0.29) is 0 Å². The zero-order valence-electron chi connectivity index (χ0n) is 11.8. The molecule has 0 saturated heterocycles. The van der Waals surface area contributed by atoms with Gasteiger partial charge in [-0.15, -0.1) is 0 Å². The second kappa shape index (κ2) is 9.26. The van der Waals surface area contributed by atoms with Crippen molar-refractivity contribution in [3.05, 3.63) is 64.1 Å². The molecule has 0 heterocycles. The second-order valence-electron chi connectivity index (χ2n) is 4.57. The minimum atomic E-state index is 0.602. The molecule has 0 saturated carbocycles. The molecule has 2 aromatic carbocycles. The van der Waals surface area contributed by atoms with Crippen molar-refractivity contribution in [3.8, 4) is 0 Å². The average molecular weight is 371 g/mol. The average Bonchev–Trinajstić information content (AvgIpc) is 2.47. The summed E-state index contributed by atoms with van der Waals surface area (Å²) >= 11 is 19.0. The van der Waals surface area contributed by atoms with Crippen molar-refractivity contribution in [2.75, 3.05) is 17.6 Å². The van der Waals surface area contributed by atoms with Crippen LogP contribution in [0.3, 0.4) is 0 Å². The van der Waals surface area contributed by atoms with Gasteiger partial charge >= 0.3 is 0 Å². The predicted molar refractivity (Wildman–Crippen MR) is 103 cm³/mol. The maximum absolute atomic E-state index is 5.96. The lowest BCUT2D eigenvalue weighted by atomic mass is 10.2. The lowest BCUT2D eigenvalue weighted by molar-refractivity contribution is 0.990. The first kappa shape index (κ1) is 17.4. The molecule has 0 bridgehead atoms. The van der Waals surface area contributed by atoms with Crippen LogP contribution in [0.15, 0.2) is 48.5 Å². The summed E-state index contributed by atoms with van der Waals surface area (Å²) in [6, 6.07) is 15.4. The zero-order valence-corrected chi connectivity index (χ0v) is 15.0. The quantitative estimate of drug-likeness (QED) is 0.538. The van der Waals surface area contributed by atoms with Crippen molar-refractivity contribution in [2.45, 2.75) is 5.75 Å². The maximum atomic E-state index is 5.96. The number of rotatable bonds is 6. The van der Waals surface area contributed by atoms with Gasteiger partial charge in [0.15, 0.2) is 5.11 Å². The topological polar surface area (TPSA) is 24.1 Å². The molecular weight excluding hydrogens is 355 g/mol. The summed E-state index contributed by atoms with van der Waals surface area (Å²) in [6.45, 7) is 0.803. The van der Waals surface area contributed by atoms with Gasteiger partial charge in [0.2, 0.25) is 0 Å². The molecule has 6 heteroatoms. The molecule has 0 fully saturated rings. The molecule has 2 aromatic rings. The molecule has 22 heavy (non-hydrogen) atoms. The molecule has 0 aliphatic carbocycles. The van der Waals surface area contributed by atoms with Crippen molar-refractivity contribution in [1.29, 1.82) is 0 Å². The third-order valence-electron chi connectivity index (χ3n) is 2.77. The highest BCUT2D eigenvalue weighted by molar-refractivity contribution is 7.98. The molecule has 0 aromatic heterocycles. The number of halogens is 2. The summed E-state index contributed by atoms with van der Waals surface area (Å²) < 4.78 is 0. The Morgan fingerprint density at radius 3 is 2.50 bits per heavy atom. The molecule has 0 unspecified atom stereocenters. The number of hydrogen-bond acceptors (Lipinski definition) is 2. The Morgan fingerprint density at radius 1 is 1.05 bits per heavy atom. The molecule has 2 nitrogen and oxygen atoms in total. The highest BCUT2D eigenvalue weighted by atomic mass is 35.5. The third kappa shape index (κ3) is 6.44. The predicted octanol–water partition coefficient (Wildman–Crippen LogP) is 5.21. The molecule has 116 valence electrons. The Kier molecular flexibility index (Phi) is 7.33. The van der Waals surface area contributed by atoms with E-state index in [2.05, 4.69) is 16.7 Å². The SMILES string of the molecule is S=C(NCCSCc1cccc(Cl)c1)Nc1cccc(Cl)c1. The molecule has 0 atom stereocenters. The van der Waals surface area contributed by atoms with Crippen LogP contribution in [-0.4, -0.2) is 17.4 Å². The molecule has 0 amide bonds. The van der Waals surface area contributed by atoms with Crippen LogP contribution in [0.5, 0.6) is 0 Å². The first-order chi connectivity index (χ1) is 10.6. The third-order valence-corrected chi connectivity index (χ3v) is 4.52. The highest BCUT2D eigenvalue weighted by Crippen LogP contribution is 2.16. The van der Waals surface area contributed by atoms with E-state index >= 15 is 0 Å². The van der Waals surface area contributed by atoms with Crippen molar-refractivity contribution in [3.63, 3.8) is 0 Å². The van der Waals surface area contributed by atoms with Crippen LogP contribution in [0.4, 0.5) is 5.69 Å². The van der Waals surface area contributed by atoms with Crippen LogP contribution >= 0.6 is 47.2 Å². The Balaban J connectivity index is 1.63. The summed E-state index contributed by atoms with van der Waals surface area (Å²) in [5.74, 6) is 1.90. The largest absolute Gasteiger partial charge is 0.362 e. The normalized spacial score (nSPS) is 10.3. The van der Waals surface area contributed by atoms with Gasteiger partial charge < -0.3 is 10.6 Å². The fraction of sp³-hybridized carbons (Fsp3) is 0.188. The van der Waals surface area contributed by atoms with Crippen molar-refractivity contribution in [2.24, 2.45) is 0 Å². The summed E-state index contributed by atoms with van der Waals surface area (Å²) in [5, 5.41) is 8.35. The fourth-order valence-electron chi connectivity index (χ4n) is 1.80. The van der Waals surface area contributed by atoms with Gasteiger partial charge in [0.25, 0.3) is 0 Å². The Morgan fingerprint density at radius 2 is 1.77 bits per heavy atom. The summed E-state index contributed by atoms with van der Waals surface area (Å²) in [6.07, 6.45) is 0. The minimum absolute atomic E-state index is 0.602. The lowest BCUT2D eigenvalue weighted by Crippen LogP contribution is -2.30. The molecule has 2 rings (SSSR count). The van der Waals surface area contributed by atoms with E-state index in [1.54, 1.807) is 0 Å². The van der Waals surface area contributed by atoms with Crippen molar-refractivity contribution < 1.29 is 0 Å². The zero-order chi connectivity index (χ0) is 15.8. The molecular formula is C16H16Cl2N2S2. The summed E-state index contributed by atoms with van der Waals surface area (Å²) in [7, 11) is 0. The van der Waals surface area contributed by atoms with E-state index in [0.717, 1.165) is 28.8 Å². The fourth-order valence-corrected chi connectivity index (χ4v) is 3.22. The van der Waals surface area contributed by atoms with Crippen LogP contribution in [-0.2, 0) is 5.75 Å². The Hall–Kier alpha value is -0.940. The van der Waals surface area contributed by atoms with Crippen LogP contribution in [0, 0.1) is 0 Å². The number of hydrogen-bond donors (Lipinski definition) is 2. The van der Waals surface area contributed by atoms with Gasteiger partial charge in [0, 0.05) is 33.8 Å². The van der Waals surface area contributed by atoms with E-state index in [4.69, 9.17) is 35.4 Å². The second-order valence-corrected chi connectivity index (χ2v) is 6.96. The van der Waals surface area contributed by atoms with Crippen LogP contribution in [0.1, 0.15) is 5.56 Å². The number of thiocarbonyl (C=S) groups is 1. The molecule has 0 radical (unpaired) electrons. The summed E-state index contributed by atoms with van der Waals surface area (Å²) in [4.78, 5) is 0. The molecule has 0 aliphatic rings. The molecule has 0 aliphatic heterocycles. The van der Waals surface area contributed by atoms with E-state index in [1.807, 2.05) is 54.2 Å². The van der Waals surface area contributed by atoms with Gasteiger partial charge in [-0.25, -0.2) is 0 Å². The number of anilines is 1. The van der Waals surface area contributed by atoms with Crippen LogP contribution in [0.2, 0.25) is 10.0 Å². The lowest BCUT2D eigenvalue weighted by Gasteiger charge is -2.10. The smallest absolute Gasteiger partial charge is 0.170 e. The summed E-state index contributed by atoms with van der Waals surface area (Å²) in [5.41, 5.74) is 2.12. The standard InChI is InChI=1S/C16H16Cl2N2S2/c17-13-4-1-3-12(9-13)11-22-8-7-19-16(21)20-15-6-2-5-14(18)10-15/h1-6,9-10H,7-8,11H2,(H2,19,20,21). The first-order valence-corrected chi connectivity index (χ1v) is 9.08. The number of nitrogens with one attached hydrogen (secondary N) is 2. The van der Waals surface area contributed by atoms with E-state index < -0.39 is 0 Å². The van der Waals surface area contributed by atoms with E-state index in [9.17, 15) is 0 Å². The number of benzene rings is 2. The first-order valence-electron chi connectivity index (χ1n) is 6.76. The van der Waals surface area contributed by atoms with Gasteiger partial charge in [-0.2, -0.15) is 11.8 Å². The number of thioether (sulfide) groups is 1. The van der Waals surface area contributed by atoms with Gasteiger partial charge in [0.05, 0.1) is 0 Å².